The average Bonchev–Trinajstić information content (AvgIpc) is 2.75. The lowest BCUT2D eigenvalue weighted by atomic mass is 10.4. The van der Waals surface area contributed by atoms with Crippen LogP contribution in [0.5, 0.6) is 0 Å². The monoisotopic (exact) mass is 280 g/mol. The molecule has 0 saturated carbocycles. The van der Waals surface area contributed by atoms with Gasteiger partial charge in [-0.3, -0.25) is 0 Å². The van der Waals surface area contributed by atoms with E-state index in [0.717, 1.165) is 23.4 Å². The van der Waals surface area contributed by atoms with Crippen molar-refractivity contribution in [3.63, 3.8) is 0 Å². The molecular weight excluding hydrogens is 268 g/mol. The van der Waals surface area contributed by atoms with E-state index >= 15 is 0 Å². The van der Waals surface area contributed by atoms with E-state index in [1.54, 1.807) is 6.20 Å². The van der Waals surface area contributed by atoms with Crippen LogP contribution in [0.25, 0.3) is 0 Å². The molecule has 0 aliphatic rings. The number of pyridine rings is 1. The van der Waals surface area contributed by atoms with Crippen molar-refractivity contribution in [3.8, 4) is 0 Å². The average molecular weight is 281 g/mol. The van der Waals surface area contributed by atoms with Crippen LogP contribution in [0, 0.1) is 0 Å². The van der Waals surface area contributed by atoms with Crippen molar-refractivity contribution in [2.45, 2.75) is 20.0 Å². The summed E-state index contributed by atoms with van der Waals surface area (Å²) in [5.41, 5.74) is 2.16. The standard InChI is InChI=1S/C11H13BrN4/c1-2-16-8-13-6-9(16)7-15-10-4-3-5-14-11(10)12/h3-6,8,15H,2,7H2,1H3. The zero-order valence-corrected chi connectivity index (χ0v) is 10.6. The first-order valence-corrected chi connectivity index (χ1v) is 5.94. The van der Waals surface area contributed by atoms with Gasteiger partial charge in [-0.1, -0.05) is 0 Å². The van der Waals surface area contributed by atoms with E-state index in [4.69, 9.17) is 0 Å². The van der Waals surface area contributed by atoms with Gasteiger partial charge in [-0.25, -0.2) is 9.97 Å². The molecule has 0 atom stereocenters. The quantitative estimate of drug-likeness (QED) is 0.876. The molecule has 0 aliphatic heterocycles. The molecule has 0 radical (unpaired) electrons. The van der Waals surface area contributed by atoms with Crippen molar-refractivity contribution in [2.24, 2.45) is 0 Å². The van der Waals surface area contributed by atoms with E-state index in [1.165, 1.54) is 5.69 Å². The maximum absolute atomic E-state index is 4.15. The molecular formula is C11H13BrN4. The summed E-state index contributed by atoms with van der Waals surface area (Å²) in [6.45, 7) is 3.79. The lowest BCUT2D eigenvalue weighted by molar-refractivity contribution is 0.719. The summed E-state index contributed by atoms with van der Waals surface area (Å²) < 4.78 is 2.94. The number of hydrogen-bond donors (Lipinski definition) is 1. The second-order valence-electron chi connectivity index (χ2n) is 3.37. The van der Waals surface area contributed by atoms with Crippen LogP contribution in [0.3, 0.4) is 0 Å². The number of nitrogens with one attached hydrogen (secondary N) is 1. The summed E-state index contributed by atoms with van der Waals surface area (Å²) in [6.07, 6.45) is 5.47. The van der Waals surface area contributed by atoms with Crippen molar-refractivity contribution in [1.82, 2.24) is 14.5 Å². The molecule has 0 aliphatic carbocycles. The van der Waals surface area contributed by atoms with Crippen LogP contribution in [0.1, 0.15) is 12.6 Å². The van der Waals surface area contributed by atoms with Crippen LogP contribution >= 0.6 is 15.9 Å². The summed E-state index contributed by atoms with van der Waals surface area (Å²) in [4.78, 5) is 8.28. The van der Waals surface area contributed by atoms with Gasteiger partial charge in [-0.05, 0) is 35.0 Å². The van der Waals surface area contributed by atoms with Crippen LogP contribution in [0.4, 0.5) is 5.69 Å². The molecule has 2 rings (SSSR count). The Kier molecular flexibility index (Phi) is 3.56. The number of aryl methyl sites for hydroxylation is 1. The summed E-state index contributed by atoms with van der Waals surface area (Å²) >= 11 is 3.40. The molecule has 0 unspecified atom stereocenters. The first-order chi connectivity index (χ1) is 7.81. The van der Waals surface area contributed by atoms with Gasteiger partial charge in [-0.15, -0.1) is 0 Å². The van der Waals surface area contributed by atoms with Crippen molar-refractivity contribution in [2.75, 3.05) is 5.32 Å². The molecule has 84 valence electrons. The molecule has 0 saturated heterocycles. The van der Waals surface area contributed by atoms with E-state index in [2.05, 4.69) is 42.7 Å². The minimum absolute atomic E-state index is 0.748. The van der Waals surface area contributed by atoms with Crippen molar-refractivity contribution < 1.29 is 0 Å². The van der Waals surface area contributed by atoms with Gasteiger partial charge in [-0.2, -0.15) is 0 Å². The Morgan fingerprint density at radius 2 is 2.38 bits per heavy atom. The number of nitrogens with zero attached hydrogens (tertiary/aromatic N) is 3. The van der Waals surface area contributed by atoms with Crippen LogP contribution in [0.15, 0.2) is 35.5 Å². The minimum atomic E-state index is 0.748. The van der Waals surface area contributed by atoms with Gasteiger partial charge in [0.05, 0.1) is 24.3 Å². The van der Waals surface area contributed by atoms with Gasteiger partial charge in [0.2, 0.25) is 0 Å². The number of aromatic nitrogens is 3. The van der Waals surface area contributed by atoms with E-state index in [9.17, 15) is 0 Å². The van der Waals surface area contributed by atoms with Crippen LogP contribution in [-0.4, -0.2) is 14.5 Å². The van der Waals surface area contributed by atoms with Crippen LogP contribution in [-0.2, 0) is 13.1 Å². The maximum Gasteiger partial charge on any atom is 0.129 e. The normalized spacial score (nSPS) is 10.4. The SMILES string of the molecule is CCn1cncc1CNc1cccnc1Br. The summed E-state index contributed by atoms with van der Waals surface area (Å²) in [7, 11) is 0. The molecule has 5 heteroatoms. The molecule has 2 aromatic heterocycles. The Morgan fingerprint density at radius 3 is 3.12 bits per heavy atom. The van der Waals surface area contributed by atoms with Crippen molar-refractivity contribution >= 4 is 21.6 Å². The highest BCUT2D eigenvalue weighted by Crippen LogP contribution is 2.18. The molecule has 0 spiro atoms. The fourth-order valence-corrected chi connectivity index (χ4v) is 1.87. The zero-order valence-electron chi connectivity index (χ0n) is 9.02. The van der Waals surface area contributed by atoms with Crippen LogP contribution in [0.2, 0.25) is 0 Å². The third-order valence-corrected chi connectivity index (χ3v) is 2.99. The predicted molar refractivity (Wildman–Crippen MR) is 67.2 cm³/mol. The minimum Gasteiger partial charge on any atom is -0.377 e. The van der Waals surface area contributed by atoms with Gasteiger partial charge in [0.15, 0.2) is 0 Å². The Labute approximate surface area is 103 Å². The number of halogens is 1. The van der Waals surface area contributed by atoms with Gasteiger partial charge >= 0.3 is 0 Å². The van der Waals surface area contributed by atoms with E-state index in [1.807, 2.05) is 24.7 Å². The summed E-state index contributed by atoms with van der Waals surface area (Å²) in [6, 6.07) is 3.90. The Balaban J connectivity index is 2.05. The van der Waals surface area contributed by atoms with Crippen molar-refractivity contribution in [1.29, 1.82) is 0 Å². The number of anilines is 1. The molecule has 4 nitrogen and oxygen atoms in total. The van der Waals surface area contributed by atoms with E-state index in [-0.39, 0.29) is 0 Å². The van der Waals surface area contributed by atoms with Gasteiger partial charge in [0.25, 0.3) is 0 Å². The van der Waals surface area contributed by atoms with E-state index < -0.39 is 0 Å². The molecule has 2 heterocycles. The molecule has 2 aromatic rings. The second-order valence-corrected chi connectivity index (χ2v) is 4.12. The third kappa shape index (κ3) is 2.41. The van der Waals surface area contributed by atoms with Gasteiger partial charge < -0.3 is 9.88 Å². The smallest absolute Gasteiger partial charge is 0.129 e. The fraction of sp³-hybridized carbons (Fsp3) is 0.273. The first kappa shape index (κ1) is 11.1. The molecule has 1 N–H and O–H groups in total. The largest absolute Gasteiger partial charge is 0.377 e. The highest BCUT2D eigenvalue weighted by Gasteiger charge is 2.02. The Hall–Kier alpha value is -1.36. The van der Waals surface area contributed by atoms with Crippen LogP contribution < -0.4 is 5.32 Å². The lowest BCUT2D eigenvalue weighted by Crippen LogP contribution is -2.06. The summed E-state index contributed by atoms with van der Waals surface area (Å²) in [5, 5.41) is 3.32. The van der Waals surface area contributed by atoms with Gasteiger partial charge in [0.1, 0.15) is 4.60 Å². The van der Waals surface area contributed by atoms with Crippen molar-refractivity contribution in [3.05, 3.63) is 41.2 Å². The molecule has 0 amide bonds. The number of rotatable bonds is 4. The Bertz CT molecular complexity index is 467. The predicted octanol–water partition coefficient (Wildman–Crippen LogP) is 2.67. The number of imidazole rings is 1. The molecule has 0 fully saturated rings. The Morgan fingerprint density at radius 1 is 1.50 bits per heavy atom. The van der Waals surface area contributed by atoms with Gasteiger partial charge in [0, 0.05) is 18.9 Å². The fourth-order valence-electron chi connectivity index (χ4n) is 1.48. The topological polar surface area (TPSA) is 42.7 Å². The molecule has 0 aromatic carbocycles. The highest BCUT2D eigenvalue weighted by molar-refractivity contribution is 9.10. The van der Waals surface area contributed by atoms with E-state index in [0.29, 0.717) is 0 Å². The lowest BCUT2D eigenvalue weighted by Gasteiger charge is -2.09. The summed E-state index contributed by atoms with van der Waals surface area (Å²) in [5.74, 6) is 0. The second kappa shape index (κ2) is 5.12. The third-order valence-electron chi connectivity index (χ3n) is 2.36. The first-order valence-electron chi connectivity index (χ1n) is 5.14. The number of hydrogen-bond acceptors (Lipinski definition) is 3. The maximum atomic E-state index is 4.15. The molecule has 0 bridgehead atoms. The highest BCUT2D eigenvalue weighted by atomic mass is 79.9. The molecule has 16 heavy (non-hydrogen) atoms. The zero-order chi connectivity index (χ0) is 11.4.